The summed E-state index contributed by atoms with van der Waals surface area (Å²) in [5.74, 6) is -3.14. The molecule has 1 rings (SSSR count). The maximum Gasteiger partial charge on any atom is 0.419 e. The van der Waals surface area contributed by atoms with E-state index in [1.54, 1.807) is 5.43 Å². The van der Waals surface area contributed by atoms with E-state index in [-0.39, 0.29) is 6.07 Å². The fraction of sp³-hybridized carbons (Fsp3) is 0.111. The van der Waals surface area contributed by atoms with Gasteiger partial charge in [-0.05, 0) is 22.0 Å². The molecule has 0 aliphatic carbocycles. The third-order valence-corrected chi connectivity index (χ3v) is 2.44. The van der Waals surface area contributed by atoms with E-state index in [1.165, 1.54) is 0 Å². The minimum Gasteiger partial charge on any atom is -0.350 e. The van der Waals surface area contributed by atoms with Crippen LogP contribution in [0.4, 0.5) is 26.7 Å². The maximum absolute atomic E-state index is 13.5. The molecule has 0 spiro atoms. The number of hydrogen-bond donors (Lipinski definition) is 2. The van der Waals surface area contributed by atoms with Crippen molar-refractivity contribution in [1.29, 1.82) is 0 Å². The van der Waals surface area contributed by atoms with E-state index in [0.29, 0.717) is 6.21 Å². The fourth-order valence-electron chi connectivity index (χ4n) is 1.10. The summed E-state index contributed by atoms with van der Waals surface area (Å²) in [6.07, 6.45) is -4.62. The van der Waals surface area contributed by atoms with Gasteiger partial charge < -0.3 is 5.73 Å². The van der Waals surface area contributed by atoms with Crippen LogP contribution in [0.2, 0.25) is 0 Å². The van der Waals surface area contributed by atoms with E-state index < -0.39 is 39.4 Å². The normalized spacial score (nSPS) is 11.9. The largest absolute Gasteiger partial charge is 0.419 e. The average Bonchev–Trinajstić information content (AvgIpc) is 2.26. The molecule has 3 N–H and O–H groups in total. The second-order valence-electron chi connectivity index (χ2n) is 3.18. The molecule has 1 aromatic carbocycles. The second kappa shape index (κ2) is 5.51. The van der Waals surface area contributed by atoms with Crippen molar-refractivity contribution < 1.29 is 26.7 Å². The zero-order valence-corrected chi connectivity index (χ0v) is 10.4. The highest BCUT2D eigenvalue weighted by molar-refractivity contribution is 9.10. The highest BCUT2D eigenvalue weighted by Gasteiger charge is 2.36. The number of carbonyl (C=O) groups excluding carboxylic acids is 1. The quantitative estimate of drug-likeness (QED) is 0.368. The number of alkyl halides is 3. The number of nitrogens with one attached hydrogen (secondary N) is 1. The fourth-order valence-corrected chi connectivity index (χ4v) is 1.55. The standard InChI is InChI=1S/C9H5BrF5N3O/c10-5-1-4(9(13,14)15)6(11)3(7(5)12)2-17-18-8(16)19/h1-2H,(H3,16,18,19). The summed E-state index contributed by atoms with van der Waals surface area (Å²) in [6.45, 7) is 0. The molecule has 0 bridgehead atoms. The number of nitrogens with zero attached hydrogens (tertiary/aromatic N) is 1. The summed E-state index contributed by atoms with van der Waals surface area (Å²) >= 11 is 2.53. The molecule has 0 saturated carbocycles. The number of hydrazone groups is 1. The van der Waals surface area contributed by atoms with Crippen LogP contribution in [-0.4, -0.2) is 12.2 Å². The first-order valence-electron chi connectivity index (χ1n) is 4.47. The van der Waals surface area contributed by atoms with Crippen LogP contribution in [0.3, 0.4) is 0 Å². The molecule has 4 nitrogen and oxygen atoms in total. The first kappa shape index (κ1) is 15.3. The first-order chi connectivity index (χ1) is 8.64. The van der Waals surface area contributed by atoms with Gasteiger partial charge in [-0.3, -0.25) is 0 Å². The predicted octanol–water partition coefficient (Wildman–Crippen LogP) is 2.75. The third-order valence-electron chi connectivity index (χ3n) is 1.86. The first-order valence-corrected chi connectivity index (χ1v) is 5.27. The summed E-state index contributed by atoms with van der Waals surface area (Å²) < 4.78 is 63.8. The molecule has 0 aliphatic heterocycles. The third kappa shape index (κ3) is 3.63. The number of amides is 2. The van der Waals surface area contributed by atoms with Crippen molar-refractivity contribution in [2.75, 3.05) is 0 Å². The van der Waals surface area contributed by atoms with Gasteiger partial charge in [-0.1, -0.05) is 0 Å². The second-order valence-corrected chi connectivity index (χ2v) is 4.03. The Morgan fingerprint density at radius 1 is 1.37 bits per heavy atom. The van der Waals surface area contributed by atoms with Gasteiger partial charge in [0.25, 0.3) is 0 Å². The van der Waals surface area contributed by atoms with Gasteiger partial charge >= 0.3 is 12.2 Å². The van der Waals surface area contributed by atoms with Crippen LogP contribution in [0.1, 0.15) is 11.1 Å². The summed E-state index contributed by atoms with van der Waals surface area (Å²) in [5.41, 5.74) is 3.50. The molecule has 10 heteroatoms. The number of primary amides is 1. The van der Waals surface area contributed by atoms with Crippen molar-refractivity contribution in [3.63, 3.8) is 0 Å². The number of halogens is 6. The van der Waals surface area contributed by atoms with Gasteiger partial charge in [0.05, 0.1) is 21.8 Å². The Labute approximate surface area is 111 Å². The molecule has 0 saturated heterocycles. The monoisotopic (exact) mass is 345 g/mol. The van der Waals surface area contributed by atoms with Crippen LogP contribution in [-0.2, 0) is 6.18 Å². The lowest BCUT2D eigenvalue weighted by Gasteiger charge is -2.11. The Morgan fingerprint density at radius 3 is 2.42 bits per heavy atom. The number of urea groups is 1. The topological polar surface area (TPSA) is 67.5 Å². The van der Waals surface area contributed by atoms with Gasteiger partial charge in [0.2, 0.25) is 0 Å². The minimum atomic E-state index is -5.00. The molecule has 0 heterocycles. The van der Waals surface area contributed by atoms with Crippen molar-refractivity contribution in [3.8, 4) is 0 Å². The molecule has 0 radical (unpaired) electrons. The maximum atomic E-state index is 13.5. The number of benzene rings is 1. The van der Waals surface area contributed by atoms with Crippen LogP contribution in [0.25, 0.3) is 0 Å². The molecule has 19 heavy (non-hydrogen) atoms. The Morgan fingerprint density at radius 2 is 1.95 bits per heavy atom. The van der Waals surface area contributed by atoms with Crippen LogP contribution < -0.4 is 11.2 Å². The van der Waals surface area contributed by atoms with Crippen LogP contribution in [0, 0.1) is 11.6 Å². The average molecular weight is 346 g/mol. The molecule has 1 aromatic rings. The molecule has 0 aliphatic rings. The Kier molecular flexibility index (Phi) is 4.45. The van der Waals surface area contributed by atoms with E-state index in [9.17, 15) is 26.7 Å². The van der Waals surface area contributed by atoms with Crippen LogP contribution in [0.15, 0.2) is 15.6 Å². The van der Waals surface area contributed by atoms with E-state index in [0.717, 1.165) is 0 Å². The molecule has 0 atom stereocenters. The number of carbonyl (C=O) groups is 1. The van der Waals surface area contributed by atoms with E-state index in [1.807, 2.05) is 0 Å². The Balaban J connectivity index is 3.34. The van der Waals surface area contributed by atoms with Crippen molar-refractivity contribution in [3.05, 3.63) is 33.3 Å². The zero-order chi connectivity index (χ0) is 14.8. The lowest BCUT2D eigenvalue weighted by atomic mass is 10.1. The SMILES string of the molecule is NC(=O)NN=Cc1c(F)c(Br)cc(C(F)(F)F)c1F. The minimum absolute atomic E-state index is 0.267. The summed E-state index contributed by atoms with van der Waals surface area (Å²) in [6, 6.07) is -0.869. The summed E-state index contributed by atoms with van der Waals surface area (Å²) in [5, 5.41) is 3.01. The van der Waals surface area contributed by atoms with Gasteiger partial charge in [-0.2, -0.15) is 18.3 Å². The molecule has 0 aromatic heterocycles. The molecule has 0 unspecified atom stereocenters. The Hall–Kier alpha value is -1.71. The smallest absolute Gasteiger partial charge is 0.350 e. The van der Waals surface area contributed by atoms with Crippen molar-refractivity contribution in [2.24, 2.45) is 10.8 Å². The van der Waals surface area contributed by atoms with Crippen molar-refractivity contribution in [2.45, 2.75) is 6.18 Å². The highest BCUT2D eigenvalue weighted by Crippen LogP contribution is 2.35. The van der Waals surface area contributed by atoms with Gasteiger partial charge in [0.1, 0.15) is 11.6 Å². The van der Waals surface area contributed by atoms with Crippen molar-refractivity contribution in [1.82, 2.24) is 5.43 Å². The van der Waals surface area contributed by atoms with E-state index in [4.69, 9.17) is 0 Å². The molecule has 0 fully saturated rings. The lowest BCUT2D eigenvalue weighted by molar-refractivity contribution is -0.140. The highest BCUT2D eigenvalue weighted by atomic mass is 79.9. The Bertz CT molecular complexity index is 544. The van der Waals surface area contributed by atoms with Crippen molar-refractivity contribution >= 4 is 28.2 Å². The van der Waals surface area contributed by atoms with Gasteiger partial charge in [0.15, 0.2) is 0 Å². The summed E-state index contributed by atoms with van der Waals surface area (Å²) in [7, 11) is 0. The molecular formula is C9H5BrF5N3O. The van der Waals surface area contributed by atoms with Crippen LogP contribution >= 0.6 is 15.9 Å². The molecule has 2 amide bonds. The van der Waals surface area contributed by atoms with Gasteiger partial charge in [-0.15, -0.1) is 0 Å². The van der Waals surface area contributed by atoms with Gasteiger partial charge in [-0.25, -0.2) is 19.0 Å². The predicted molar refractivity (Wildman–Crippen MR) is 59.4 cm³/mol. The van der Waals surface area contributed by atoms with Gasteiger partial charge in [0, 0.05) is 0 Å². The molecule has 104 valence electrons. The van der Waals surface area contributed by atoms with E-state index in [2.05, 4.69) is 26.8 Å². The number of hydrogen-bond acceptors (Lipinski definition) is 2. The number of rotatable bonds is 2. The molecular weight excluding hydrogens is 341 g/mol. The van der Waals surface area contributed by atoms with E-state index >= 15 is 0 Å². The lowest BCUT2D eigenvalue weighted by Crippen LogP contribution is -2.24. The zero-order valence-electron chi connectivity index (χ0n) is 8.86. The van der Waals surface area contributed by atoms with Crippen LogP contribution in [0.5, 0.6) is 0 Å². The summed E-state index contributed by atoms with van der Waals surface area (Å²) in [4.78, 5) is 10.3. The number of nitrogens with two attached hydrogens (primary N) is 1.